The molecule has 1 aliphatic heterocycles. The minimum Gasteiger partial charge on any atom is -0.370 e. The third kappa shape index (κ3) is 4.83. The molecule has 2 aromatic rings. The summed E-state index contributed by atoms with van der Waals surface area (Å²) in [5.74, 6) is 1.21. The van der Waals surface area contributed by atoms with Gasteiger partial charge in [-0.3, -0.25) is 4.90 Å². The summed E-state index contributed by atoms with van der Waals surface area (Å²) in [5.41, 5.74) is 8.21. The zero-order valence-corrected chi connectivity index (χ0v) is 14.1. The molecular weight excluding hydrogens is 302 g/mol. The fourth-order valence-corrected chi connectivity index (χ4v) is 2.99. The molecule has 24 heavy (non-hydrogen) atoms. The molecule has 0 amide bonds. The van der Waals surface area contributed by atoms with Gasteiger partial charge >= 0.3 is 0 Å². The van der Waals surface area contributed by atoms with Crippen molar-refractivity contribution in [3.63, 3.8) is 0 Å². The molecule has 3 rings (SSSR count). The van der Waals surface area contributed by atoms with Gasteiger partial charge in [0.2, 0.25) is 0 Å². The lowest BCUT2D eigenvalue weighted by atomic mass is 10.0. The summed E-state index contributed by atoms with van der Waals surface area (Å²) in [7, 11) is 0. The van der Waals surface area contributed by atoms with Gasteiger partial charge in [0.05, 0.1) is 5.69 Å². The van der Waals surface area contributed by atoms with E-state index in [9.17, 15) is 0 Å². The molecule has 2 heterocycles. The quantitative estimate of drug-likeness (QED) is 0.649. The molecule has 6 nitrogen and oxygen atoms in total. The fourth-order valence-electron chi connectivity index (χ4n) is 2.99. The molecule has 3 N–H and O–H groups in total. The normalized spacial score (nSPS) is 17.1. The Kier molecular flexibility index (Phi) is 5.48. The molecule has 1 saturated heterocycles. The zero-order valence-electron chi connectivity index (χ0n) is 14.1. The van der Waals surface area contributed by atoms with Crippen LogP contribution in [0.15, 0.2) is 45.9 Å². The first-order valence-corrected chi connectivity index (χ1v) is 8.44. The molecule has 0 bridgehead atoms. The number of likely N-dealkylation sites (tertiary alicyclic amines) is 1. The number of piperidine rings is 1. The zero-order chi connectivity index (χ0) is 16.8. The van der Waals surface area contributed by atoms with Gasteiger partial charge < -0.3 is 15.6 Å². The molecule has 128 valence electrons. The van der Waals surface area contributed by atoms with Gasteiger partial charge in [-0.25, -0.2) is 4.99 Å². The monoisotopic (exact) mass is 327 g/mol. The van der Waals surface area contributed by atoms with Crippen molar-refractivity contribution in [2.45, 2.75) is 38.9 Å². The van der Waals surface area contributed by atoms with E-state index in [1.807, 2.05) is 13.0 Å². The Morgan fingerprint density at radius 3 is 2.75 bits per heavy atom. The van der Waals surface area contributed by atoms with Crippen molar-refractivity contribution in [2.75, 3.05) is 13.1 Å². The summed E-state index contributed by atoms with van der Waals surface area (Å²) in [4.78, 5) is 6.81. The van der Waals surface area contributed by atoms with Crippen molar-refractivity contribution >= 4 is 5.96 Å². The number of aromatic nitrogens is 1. The van der Waals surface area contributed by atoms with Crippen LogP contribution >= 0.6 is 0 Å². The number of hydrogen-bond acceptors (Lipinski definition) is 4. The SMILES string of the molecule is Cc1cc(CN=C(N)NC2CCN(Cc3ccccc3)CC2)on1. The van der Waals surface area contributed by atoms with Crippen LogP contribution in [0.2, 0.25) is 0 Å². The summed E-state index contributed by atoms with van der Waals surface area (Å²) < 4.78 is 5.13. The lowest BCUT2D eigenvalue weighted by molar-refractivity contribution is 0.199. The molecule has 0 radical (unpaired) electrons. The van der Waals surface area contributed by atoms with E-state index in [4.69, 9.17) is 10.3 Å². The van der Waals surface area contributed by atoms with Crippen LogP contribution in [0.25, 0.3) is 0 Å². The first-order valence-electron chi connectivity index (χ1n) is 8.44. The van der Waals surface area contributed by atoms with Gasteiger partial charge in [0.1, 0.15) is 6.54 Å². The maximum atomic E-state index is 5.98. The van der Waals surface area contributed by atoms with Crippen LogP contribution in [0.5, 0.6) is 0 Å². The van der Waals surface area contributed by atoms with Gasteiger partial charge in [0.15, 0.2) is 11.7 Å². The molecule has 0 atom stereocenters. The smallest absolute Gasteiger partial charge is 0.189 e. The molecule has 6 heteroatoms. The van der Waals surface area contributed by atoms with Gasteiger partial charge in [-0.05, 0) is 25.3 Å². The van der Waals surface area contributed by atoms with Crippen LogP contribution < -0.4 is 11.1 Å². The standard InChI is InChI=1S/C18H25N5O/c1-14-11-17(24-22-14)12-20-18(19)21-16-7-9-23(10-8-16)13-15-5-3-2-4-6-15/h2-6,11,16H,7-10,12-13H2,1H3,(H3,19,20,21). The first-order chi connectivity index (χ1) is 11.7. The maximum absolute atomic E-state index is 5.98. The minimum atomic E-state index is 0.386. The Hall–Kier alpha value is -2.34. The highest BCUT2D eigenvalue weighted by atomic mass is 16.5. The minimum absolute atomic E-state index is 0.386. The van der Waals surface area contributed by atoms with Crippen molar-refractivity contribution < 1.29 is 4.52 Å². The van der Waals surface area contributed by atoms with Crippen molar-refractivity contribution in [3.05, 3.63) is 53.4 Å². The number of rotatable bonds is 5. The van der Waals surface area contributed by atoms with Crippen molar-refractivity contribution in [3.8, 4) is 0 Å². The Balaban J connectivity index is 1.41. The largest absolute Gasteiger partial charge is 0.370 e. The summed E-state index contributed by atoms with van der Waals surface area (Å²) in [6, 6.07) is 12.9. The maximum Gasteiger partial charge on any atom is 0.189 e. The molecule has 1 fully saturated rings. The second-order valence-corrected chi connectivity index (χ2v) is 6.32. The number of aliphatic imine (C=N–C) groups is 1. The van der Waals surface area contributed by atoms with E-state index in [-0.39, 0.29) is 0 Å². The van der Waals surface area contributed by atoms with Crippen LogP contribution in [0, 0.1) is 6.92 Å². The van der Waals surface area contributed by atoms with E-state index in [0.717, 1.165) is 43.9 Å². The van der Waals surface area contributed by atoms with Crippen molar-refractivity contribution in [1.29, 1.82) is 0 Å². The second-order valence-electron chi connectivity index (χ2n) is 6.32. The van der Waals surface area contributed by atoms with Gasteiger partial charge in [-0.1, -0.05) is 35.5 Å². The summed E-state index contributed by atoms with van der Waals surface area (Å²) in [5, 5.41) is 7.16. The number of hydrogen-bond donors (Lipinski definition) is 2. The van der Waals surface area contributed by atoms with Crippen LogP contribution in [0.1, 0.15) is 29.9 Å². The van der Waals surface area contributed by atoms with E-state index in [0.29, 0.717) is 18.5 Å². The highest BCUT2D eigenvalue weighted by molar-refractivity contribution is 5.78. The van der Waals surface area contributed by atoms with Gasteiger partial charge in [-0.15, -0.1) is 0 Å². The predicted octanol–water partition coefficient (Wildman–Crippen LogP) is 2.05. The number of guanidine groups is 1. The van der Waals surface area contributed by atoms with E-state index in [1.54, 1.807) is 0 Å². The predicted molar refractivity (Wildman–Crippen MR) is 94.4 cm³/mol. The van der Waals surface area contributed by atoms with Crippen LogP contribution in [0.3, 0.4) is 0 Å². The topological polar surface area (TPSA) is 79.7 Å². The van der Waals surface area contributed by atoms with E-state index in [1.165, 1.54) is 5.56 Å². The third-order valence-corrected chi connectivity index (χ3v) is 4.27. The molecule has 0 unspecified atom stereocenters. The molecular formula is C18H25N5O. The first kappa shape index (κ1) is 16.5. The second kappa shape index (κ2) is 7.97. The Labute approximate surface area is 142 Å². The van der Waals surface area contributed by atoms with Gasteiger partial charge in [-0.2, -0.15) is 0 Å². The number of benzene rings is 1. The lowest BCUT2D eigenvalue weighted by Crippen LogP contribution is -2.46. The van der Waals surface area contributed by atoms with Crippen LogP contribution in [-0.2, 0) is 13.1 Å². The number of nitrogens with one attached hydrogen (secondary N) is 1. The average molecular weight is 327 g/mol. The van der Waals surface area contributed by atoms with Crippen LogP contribution in [0.4, 0.5) is 0 Å². The number of aryl methyl sites for hydroxylation is 1. The summed E-state index contributed by atoms with van der Waals surface area (Å²) >= 11 is 0. The molecule has 1 aromatic carbocycles. The van der Waals surface area contributed by atoms with Crippen LogP contribution in [-0.4, -0.2) is 35.1 Å². The van der Waals surface area contributed by atoms with Crippen molar-refractivity contribution in [2.24, 2.45) is 10.7 Å². The average Bonchev–Trinajstić information content (AvgIpc) is 3.01. The van der Waals surface area contributed by atoms with Gasteiger partial charge in [0.25, 0.3) is 0 Å². The van der Waals surface area contributed by atoms with E-state index >= 15 is 0 Å². The fraction of sp³-hybridized carbons (Fsp3) is 0.444. The highest BCUT2D eigenvalue weighted by Crippen LogP contribution is 2.13. The third-order valence-electron chi connectivity index (χ3n) is 4.27. The summed E-state index contributed by atoms with van der Waals surface area (Å²) in [6.07, 6.45) is 2.15. The highest BCUT2D eigenvalue weighted by Gasteiger charge is 2.19. The van der Waals surface area contributed by atoms with E-state index in [2.05, 4.69) is 50.7 Å². The Morgan fingerprint density at radius 2 is 2.08 bits per heavy atom. The van der Waals surface area contributed by atoms with E-state index < -0.39 is 0 Å². The lowest BCUT2D eigenvalue weighted by Gasteiger charge is -2.32. The summed E-state index contributed by atoms with van der Waals surface area (Å²) in [6.45, 7) is 5.47. The molecule has 0 saturated carbocycles. The Bertz CT molecular complexity index is 659. The van der Waals surface area contributed by atoms with Crippen molar-refractivity contribution in [1.82, 2.24) is 15.4 Å². The Morgan fingerprint density at radius 1 is 1.33 bits per heavy atom. The van der Waals surface area contributed by atoms with Gasteiger partial charge in [0, 0.05) is 31.7 Å². The molecule has 1 aliphatic rings. The molecule has 0 aliphatic carbocycles. The number of nitrogens with zero attached hydrogens (tertiary/aromatic N) is 3. The molecule has 0 spiro atoms. The molecule has 1 aromatic heterocycles. The number of nitrogens with two attached hydrogens (primary N) is 1.